The molecule has 0 amide bonds. The molecule has 0 heterocycles. The van der Waals surface area contributed by atoms with E-state index in [0.29, 0.717) is 43.4 Å². The molecule has 7 heteroatoms. The minimum atomic E-state index is -0.831. The van der Waals surface area contributed by atoms with Crippen molar-refractivity contribution in [2.75, 3.05) is 26.2 Å². The minimum Gasteiger partial charge on any atom is -0.481 e. The van der Waals surface area contributed by atoms with E-state index in [4.69, 9.17) is 0 Å². The largest absolute Gasteiger partial charge is 0.481 e. The molecule has 3 unspecified atom stereocenters. The summed E-state index contributed by atoms with van der Waals surface area (Å²) in [5, 5.41) is 28.3. The summed E-state index contributed by atoms with van der Waals surface area (Å²) in [6.07, 6.45) is 28.0. The van der Waals surface area contributed by atoms with E-state index in [1.807, 2.05) is 0 Å². The summed E-state index contributed by atoms with van der Waals surface area (Å²) in [6.45, 7) is 10.0. The summed E-state index contributed by atoms with van der Waals surface area (Å²) < 4.78 is 0.583. The van der Waals surface area contributed by atoms with Crippen molar-refractivity contribution in [3.8, 4) is 0 Å². The number of hydrogen-bond donors (Lipinski definition) is 3. The number of unbranched alkanes of at least 4 members (excludes halogenated alkanes) is 15. The predicted octanol–water partition coefficient (Wildman–Crippen LogP) is 9.34. The normalized spacial score (nSPS) is 15.3. The van der Waals surface area contributed by atoms with E-state index in [1.165, 1.54) is 89.9 Å². The van der Waals surface area contributed by atoms with Gasteiger partial charge in [-0.3, -0.25) is 14.4 Å². The van der Waals surface area contributed by atoms with E-state index in [9.17, 15) is 29.7 Å². The molecule has 7 nitrogen and oxygen atoms in total. The Morgan fingerprint density at radius 1 is 0.488 bits per heavy atom. The van der Waals surface area contributed by atoms with Crippen LogP contribution in [0.5, 0.6) is 0 Å². The Labute approximate surface area is 264 Å². The molecule has 0 aromatic rings. The van der Waals surface area contributed by atoms with Crippen LogP contribution in [0.25, 0.3) is 0 Å². The van der Waals surface area contributed by atoms with E-state index < -0.39 is 35.7 Å². The number of quaternary nitrogens is 1. The van der Waals surface area contributed by atoms with Gasteiger partial charge in [0.2, 0.25) is 0 Å². The lowest BCUT2D eigenvalue weighted by Crippen LogP contribution is -2.52. The average molecular weight is 611 g/mol. The van der Waals surface area contributed by atoms with E-state index >= 15 is 0 Å². The minimum absolute atomic E-state index is 0.490. The van der Waals surface area contributed by atoms with Crippen LogP contribution in [0.4, 0.5) is 0 Å². The van der Waals surface area contributed by atoms with Crippen LogP contribution in [0.15, 0.2) is 12.2 Å². The zero-order valence-electron chi connectivity index (χ0n) is 28.4. The smallest absolute Gasteiger partial charge is 0.306 e. The number of carboxylic acids is 3. The van der Waals surface area contributed by atoms with Gasteiger partial charge < -0.3 is 19.8 Å². The second kappa shape index (κ2) is 26.5. The molecule has 0 aliphatic heterocycles. The maximum atomic E-state index is 11.5. The Morgan fingerprint density at radius 2 is 0.791 bits per heavy atom. The molecule has 0 saturated carbocycles. The molecule has 3 N–H and O–H groups in total. The summed E-state index contributed by atoms with van der Waals surface area (Å²) in [5.41, 5.74) is 0. The van der Waals surface area contributed by atoms with Gasteiger partial charge in [-0.2, -0.15) is 0 Å². The third-order valence-corrected chi connectivity index (χ3v) is 9.27. The molecule has 0 saturated heterocycles. The standard InChI is InChI=1S/C36H67NO6/c1-5-6-7-8-9-10-11-12-13-14-15-16-17-18-19-20-21-22-23-27-37(28-24-31(2)34(38)39,29-25-32(3)35(40)41)30-26-33(4)36(42)43/h20-21,31-33H,5-19,22-30H2,1-4H3,(H2-,38,39,40,41,42,43)/p+1/b21-20+. The van der Waals surface area contributed by atoms with Crippen LogP contribution in [0.1, 0.15) is 156 Å². The van der Waals surface area contributed by atoms with Gasteiger partial charge in [-0.25, -0.2) is 0 Å². The van der Waals surface area contributed by atoms with E-state index in [0.717, 1.165) is 25.8 Å². The van der Waals surface area contributed by atoms with Crippen LogP contribution in [0.3, 0.4) is 0 Å². The van der Waals surface area contributed by atoms with E-state index in [2.05, 4.69) is 19.1 Å². The predicted molar refractivity (Wildman–Crippen MR) is 177 cm³/mol. The van der Waals surface area contributed by atoms with Crippen molar-refractivity contribution < 1.29 is 34.2 Å². The van der Waals surface area contributed by atoms with Crippen LogP contribution >= 0.6 is 0 Å². The Bertz CT molecular complexity index is 692. The van der Waals surface area contributed by atoms with Crippen molar-refractivity contribution in [3.05, 3.63) is 12.2 Å². The van der Waals surface area contributed by atoms with Crippen LogP contribution < -0.4 is 0 Å². The highest BCUT2D eigenvalue weighted by Crippen LogP contribution is 2.21. The molecule has 43 heavy (non-hydrogen) atoms. The van der Waals surface area contributed by atoms with E-state index in [1.54, 1.807) is 20.8 Å². The quantitative estimate of drug-likeness (QED) is 0.0410. The first-order valence-corrected chi connectivity index (χ1v) is 17.7. The molecule has 0 aliphatic rings. The molecule has 0 bridgehead atoms. The number of rotatable bonds is 31. The summed E-state index contributed by atoms with van der Waals surface area (Å²) in [4.78, 5) is 34.5. The van der Waals surface area contributed by atoms with Crippen molar-refractivity contribution in [3.63, 3.8) is 0 Å². The molecular formula is C36H68NO6+. The summed E-state index contributed by atoms with van der Waals surface area (Å²) in [5.74, 6) is -3.96. The van der Waals surface area contributed by atoms with Gasteiger partial charge in [0.15, 0.2) is 0 Å². The number of allylic oxidation sites excluding steroid dienone is 2. The highest BCUT2D eigenvalue weighted by molar-refractivity contribution is 5.70. The van der Waals surface area contributed by atoms with Crippen molar-refractivity contribution in [2.45, 2.75) is 156 Å². The average Bonchev–Trinajstić information content (AvgIpc) is 2.97. The maximum absolute atomic E-state index is 11.5. The molecule has 0 aliphatic carbocycles. The number of carboxylic acid groups (broad SMARTS) is 3. The Morgan fingerprint density at radius 3 is 1.12 bits per heavy atom. The summed E-state index contributed by atoms with van der Waals surface area (Å²) in [7, 11) is 0. The van der Waals surface area contributed by atoms with E-state index in [-0.39, 0.29) is 0 Å². The van der Waals surface area contributed by atoms with Gasteiger partial charge in [-0.15, -0.1) is 0 Å². The number of hydrogen-bond acceptors (Lipinski definition) is 3. The first-order chi connectivity index (χ1) is 20.5. The number of aliphatic carboxylic acids is 3. The molecule has 0 fully saturated rings. The molecular weight excluding hydrogens is 542 g/mol. The number of nitrogens with zero attached hydrogens (tertiary/aromatic N) is 1. The van der Waals surface area contributed by atoms with Crippen LogP contribution in [-0.2, 0) is 14.4 Å². The zero-order valence-corrected chi connectivity index (χ0v) is 28.4. The van der Waals surface area contributed by atoms with Gasteiger partial charge in [0.25, 0.3) is 0 Å². The third-order valence-electron chi connectivity index (χ3n) is 9.27. The highest BCUT2D eigenvalue weighted by Gasteiger charge is 2.31. The highest BCUT2D eigenvalue weighted by atomic mass is 16.4. The molecule has 0 rings (SSSR count). The van der Waals surface area contributed by atoms with Crippen molar-refractivity contribution in [1.29, 1.82) is 0 Å². The van der Waals surface area contributed by atoms with Crippen LogP contribution in [0.2, 0.25) is 0 Å². The lowest BCUT2D eigenvalue weighted by atomic mass is 10.0. The summed E-state index contributed by atoms with van der Waals surface area (Å²) >= 11 is 0. The lowest BCUT2D eigenvalue weighted by molar-refractivity contribution is -0.929. The van der Waals surface area contributed by atoms with Gasteiger partial charge in [0.1, 0.15) is 0 Å². The maximum Gasteiger partial charge on any atom is 0.306 e. The topological polar surface area (TPSA) is 112 Å². The number of carbonyl (C=O) groups is 3. The molecule has 0 radical (unpaired) electrons. The van der Waals surface area contributed by atoms with Gasteiger partial charge in [-0.05, 0) is 19.3 Å². The lowest BCUT2D eigenvalue weighted by Gasteiger charge is -2.40. The second-order valence-electron chi connectivity index (χ2n) is 13.3. The fraction of sp³-hybridized carbons (Fsp3) is 0.861. The van der Waals surface area contributed by atoms with Gasteiger partial charge >= 0.3 is 17.9 Å². The van der Waals surface area contributed by atoms with Crippen LogP contribution in [-0.4, -0.2) is 63.9 Å². The fourth-order valence-corrected chi connectivity index (χ4v) is 5.68. The first kappa shape index (κ1) is 41.1. The van der Waals surface area contributed by atoms with Gasteiger partial charge in [0.05, 0.1) is 43.9 Å². The van der Waals surface area contributed by atoms with Crippen molar-refractivity contribution in [2.24, 2.45) is 17.8 Å². The first-order valence-electron chi connectivity index (χ1n) is 17.7. The van der Waals surface area contributed by atoms with Crippen molar-refractivity contribution >= 4 is 17.9 Å². The molecule has 252 valence electrons. The molecule has 0 aromatic heterocycles. The van der Waals surface area contributed by atoms with Crippen LogP contribution in [0, 0.1) is 17.8 Å². The monoisotopic (exact) mass is 611 g/mol. The van der Waals surface area contributed by atoms with Crippen molar-refractivity contribution in [1.82, 2.24) is 0 Å². The fourth-order valence-electron chi connectivity index (χ4n) is 5.68. The molecule has 3 atom stereocenters. The van der Waals surface area contributed by atoms with Gasteiger partial charge in [0, 0.05) is 25.7 Å². The van der Waals surface area contributed by atoms with Gasteiger partial charge in [-0.1, -0.05) is 123 Å². The second-order valence-corrected chi connectivity index (χ2v) is 13.3. The molecule has 0 aromatic carbocycles. The Hall–Kier alpha value is -1.89. The third kappa shape index (κ3) is 23.2. The Kier molecular flexibility index (Phi) is 25.3. The molecule has 0 spiro atoms. The summed E-state index contributed by atoms with van der Waals surface area (Å²) in [6, 6.07) is 0. The zero-order chi connectivity index (χ0) is 32.3. The SMILES string of the molecule is CCCCCCCCCCCCCCCC/C=C/CCC[N+](CCC(C)C(=O)O)(CCC(C)C(=O)O)CCC(C)C(=O)O. The Balaban J connectivity index is 4.51.